The third kappa shape index (κ3) is 2.89. The predicted octanol–water partition coefficient (Wildman–Crippen LogP) is 5.30. The van der Waals surface area contributed by atoms with E-state index in [9.17, 15) is 4.79 Å². The first kappa shape index (κ1) is 18.2. The molecule has 6 heteroatoms. The van der Waals surface area contributed by atoms with Crippen LogP contribution < -0.4 is 10.1 Å². The van der Waals surface area contributed by atoms with Gasteiger partial charge in [-0.3, -0.25) is 4.79 Å². The first-order valence-corrected chi connectivity index (χ1v) is 10.4. The van der Waals surface area contributed by atoms with Crippen molar-refractivity contribution in [3.8, 4) is 11.3 Å². The highest BCUT2D eigenvalue weighted by Gasteiger charge is 2.14. The van der Waals surface area contributed by atoms with Crippen molar-refractivity contribution >= 4 is 45.0 Å². The highest BCUT2D eigenvalue weighted by molar-refractivity contribution is 7.15. The first-order chi connectivity index (χ1) is 13.9. The molecule has 5 rings (SSSR count). The number of thiazole rings is 1. The molecular formula is C23H17ClN2O2S. The van der Waals surface area contributed by atoms with Crippen molar-refractivity contribution in [1.29, 1.82) is 0 Å². The molecule has 0 bridgehead atoms. The fourth-order valence-corrected chi connectivity index (χ4v) is 4.82. The van der Waals surface area contributed by atoms with Crippen LogP contribution in [0, 0.1) is 20.8 Å². The van der Waals surface area contributed by atoms with Crippen molar-refractivity contribution in [2.45, 2.75) is 20.8 Å². The van der Waals surface area contributed by atoms with Crippen molar-refractivity contribution in [2.75, 3.05) is 0 Å². The summed E-state index contributed by atoms with van der Waals surface area (Å²) in [7, 11) is 0. The van der Waals surface area contributed by atoms with E-state index in [0.29, 0.717) is 20.3 Å². The number of aryl methyl sites for hydroxylation is 2. The van der Waals surface area contributed by atoms with Gasteiger partial charge in [0.1, 0.15) is 16.1 Å². The van der Waals surface area contributed by atoms with Crippen molar-refractivity contribution in [3.63, 3.8) is 0 Å². The SMILES string of the molecule is Cc1cc(C)c2nc3s/c(=C\c4ccc(-c5cccc(Cl)c5C)o4)c(=O)n3c2c1. The van der Waals surface area contributed by atoms with Crippen molar-refractivity contribution in [1.82, 2.24) is 9.38 Å². The third-order valence-electron chi connectivity index (χ3n) is 5.11. The third-order valence-corrected chi connectivity index (χ3v) is 6.49. The second-order valence-corrected chi connectivity index (χ2v) is 8.63. The Morgan fingerprint density at radius 2 is 1.97 bits per heavy atom. The molecule has 3 aromatic heterocycles. The Hall–Kier alpha value is -2.89. The quantitative estimate of drug-likeness (QED) is 0.389. The number of hydrogen-bond acceptors (Lipinski definition) is 4. The average Bonchev–Trinajstić information content (AvgIpc) is 3.35. The Labute approximate surface area is 175 Å². The van der Waals surface area contributed by atoms with Gasteiger partial charge in [0, 0.05) is 16.7 Å². The van der Waals surface area contributed by atoms with Gasteiger partial charge in [0.15, 0.2) is 4.96 Å². The summed E-state index contributed by atoms with van der Waals surface area (Å²) in [6.45, 7) is 6.01. The summed E-state index contributed by atoms with van der Waals surface area (Å²) in [4.78, 5) is 18.4. The zero-order valence-corrected chi connectivity index (χ0v) is 17.7. The minimum Gasteiger partial charge on any atom is -0.457 e. The summed E-state index contributed by atoms with van der Waals surface area (Å²) < 4.78 is 8.27. The summed E-state index contributed by atoms with van der Waals surface area (Å²) in [5.41, 5.74) is 5.75. The molecule has 0 radical (unpaired) electrons. The van der Waals surface area contributed by atoms with Crippen LogP contribution in [0.3, 0.4) is 0 Å². The number of nitrogens with zero attached hydrogens (tertiary/aromatic N) is 2. The van der Waals surface area contributed by atoms with Crippen LogP contribution in [0.1, 0.15) is 22.5 Å². The normalized spacial score (nSPS) is 12.5. The lowest BCUT2D eigenvalue weighted by Gasteiger charge is -2.03. The van der Waals surface area contributed by atoms with E-state index in [1.807, 2.05) is 57.2 Å². The molecule has 144 valence electrons. The fourth-order valence-electron chi connectivity index (χ4n) is 3.69. The van der Waals surface area contributed by atoms with Crippen molar-refractivity contribution in [3.05, 3.63) is 84.8 Å². The first-order valence-electron chi connectivity index (χ1n) is 9.21. The highest BCUT2D eigenvalue weighted by Crippen LogP contribution is 2.30. The standard InChI is InChI=1S/C23H17ClN2O2S/c1-12-9-13(2)21-18(10-12)26-22(27)20(29-23(26)25-21)11-15-7-8-19(28-15)16-5-4-6-17(24)14(16)3/h4-11H,1-3H3/b20-11-. The molecule has 0 saturated carbocycles. The van der Waals surface area contributed by atoms with Gasteiger partial charge >= 0.3 is 0 Å². The second-order valence-electron chi connectivity index (χ2n) is 7.21. The van der Waals surface area contributed by atoms with Gasteiger partial charge in [-0.05, 0) is 61.7 Å². The maximum Gasteiger partial charge on any atom is 0.275 e. The van der Waals surface area contributed by atoms with Crippen LogP contribution in [0.5, 0.6) is 0 Å². The number of halogens is 1. The van der Waals surface area contributed by atoms with Gasteiger partial charge in [-0.15, -0.1) is 0 Å². The highest BCUT2D eigenvalue weighted by atomic mass is 35.5. The number of hydrogen-bond donors (Lipinski definition) is 0. The van der Waals surface area contributed by atoms with Gasteiger partial charge in [0.25, 0.3) is 5.56 Å². The summed E-state index contributed by atoms with van der Waals surface area (Å²) in [6, 6.07) is 13.6. The smallest absolute Gasteiger partial charge is 0.275 e. The van der Waals surface area contributed by atoms with Crippen molar-refractivity contribution in [2.24, 2.45) is 0 Å². The summed E-state index contributed by atoms with van der Waals surface area (Å²) in [6.07, 6.45) is 1.78. The molecule has 3 heterocycles. The number of benzene rings is 2. The molecule has 0 spiro atoms. The fraction of sp³-hybridized carbons (Fsp3) is 0.130. The summed E-state index contributed by atoms with van der Waals surface area (Å²) >= 11 is 7.60. The molecule has 0 N–H and O–H groups in total. The van der Waals surface area contributed by atoms with Crippen LogP contribution in [-0.2, 0) is 0 Å². The van der Waals surface area contributed by atoms with Crippen LogP contribution in [-0.4, -0.2) is 9.38 Å². The van der Waals surface area contributed by atoms with Crippen LogP contribution >= 0.6 is 22.9 Å². The Morgan fingerprint density at radius 3 is 2.79 bits per heavy atom. The minimum atomic E-state index is -0.0746. The van der Waals surface area contributed by atoms with Crippen LogP contribution in [0.25, 0.3) is 33.4 Å². The van der Waals surface area contributed by atoms with Gasteiger partial charge in [-0.25, -0.2) is 9.38 Å². The lowest BCUT2D eigenvalue weighted by molar-refractivity contribution is 0.571. The number of aromatic nitrogens is 2. The maximum atomic E-state index is 13.0. The van der Waals surface area contributed by atoms with Gasteiger partial charge in [-0.2, -0.15) is 0 Å². The lowest BCUT2D eigenvalue weighted by atomic mass is 10.1. The molecule has 0 aliphatic carbocycles. The molecule has 0 aliphatic heterocycles. The Bertz CT molecular complexity index is 1520. The van der Waals surface area contributed by atoms with E-state index >= 15 is 0 Å². The van der Waals surface area contributed by atoms with Crippen molar-refractivity contribution < 1.29 is 4.42 Å². The van der Waals surface area contributed by atoms with E-state index in [0.717, 1.165) is 39.0 Å². The summed E-state index contributed by atoms with van der Waals surface area (Å²) in [5, 5.41) is 0.697. The molecule has 29 heavy (non-hydrogen) atoms. The van der Waals surface area contributed by atoms with Gasteiger partial charge < -0.3 is 4.42 Å². The molecule has 4 nitrogen and oxygen atoms in total. The largest absolute Gasteiger partial charge is 0.457 e. The number of fused-ring (bicyclic) bond motifs is 3. The molecule has 0 fully saturated rings. The van der Waals surface area contributed by atoms with E-state index in [1.165, 1.54) is 11.3 Å². The van der Waals surface area contributed by atoms with E-state index in [1.54, 1.807) is 10.5 Å². The van der Waals surface area contributed by atoms with Gasteiger partial charge in [0.2, 0.25) is 0 Å². The predicted molar refractivity (Wildman–Crippen MR) is 119 cm³/mol. The average molecular weight is 421 g/mol. The molecule has 5 aromatic rings. The lowest BCUT2D eigenvalue weighted by Crippen LogP contribution is -2.22. The second kappa shape index (κ2) is 6.58. The number of furan rings is 1. The van der Waals surface area contributed by atoms with E-state index in [2.05, 4.69) is 11.1 Å². The molecule has 0 unspecified atom stereocenters. The molecule has 0 atom stereocenters. The van der Waals surface area contributed by atoms with E-state index < -0.39 is 0 Å². The molecule has 0 amide bonds. The maximum absolute atomic E-state index is 13.0. The topological polar surface area (TPSA) is 47.5 Å². The molecule has 0 aliphatic rings. The molecule has 0 saturated heterocycles. The Kier molecular flexibility index (Phi) is 4.12. The van der Waals surface area contributed by atoms with Crippen LogP contribution in [0.2, 0.25) is 5.02 Å². The van der Waals surface area contributed by atoms with E-state index in [-0.39, 0.29) is 5.56 Å². The van der Waals surface area contributed by atoms with E-state index in [4.69, 9.17) is 16.0 Å². The van der Waals surface area contributed by atoms with Crippen LogP contribution in [0.15, 0.2) is 51.7 Å². The monoisotopic (exact) mass is 420 g/mol. The number of imidazole rings is 1. The summed E-state index contributed by atoms with van der Waals surface area (Å²) in [5.74, 6) is 1.35. The molecule has 2 aromatic carbocycles. The molecular weight excluding hydrogens is 404 g/mol. The number of rotatable bonds is 2. The minimum absolute atomic E-state index is 0.0746. The van der Waals surface area contributed by atoms with Crippen LogP contribution in [0.4, 0.5) is 0 Å². The van der Waals surface area contributed by atoms with Gasteiger partial charge in [-0.1, -0.05) is 41.1 Å². The van der Waals surface area contributed by atoms with Gasteiger partial charge in [0.05, 0.1) is 11.0 Å². The zero-order chi connectivity index (χ0) is 20.3. The zero-order valence-electron chi connectivity index (χ0n) is 16.1. The Morgan fingerprint density at radius 1 is 1.14 bits per heavy atom. The Balaban J connectivity index is 1.65.